The van der Waals surface area contributed by atoms with Crippen molar-refractivity contribution in [1.82, 2.24) is 4.58 Å². The van der Waals surface area contributed by atoms with Crippen molar-refractivity contribution in [1.29, 1.82) is 0 Å². The maximum atomic E-state index is 10.8. The summed E-state index contributed by atoms with van der Waals surface area (Å²) < 4.78 is 8.96. The van der Waals surface area contributed by atoms with Crippen LogP contribution in [0.5, 0.6) is 11.5 Å². The van der Waals surface area contributed by atoms with Crippen molar-refractivity contribution < 1.29 is 14.6 Å². The van der Waals surface area contributed by atoms with Gasteiger partial charge in [-0.05, 0) is 61.4 Å². The van der Waals surface area contributed by atoms with Gasteiger partial charge in [-0.1, -0.05) is 33.8 Å². The molecule has 0 saturated carbocycles. The van der Waals surface area contributed by atoms with Crippen LogP contribution in [0.25, 0.3) is 33.4 Å². The van der Waals surface area contributed by atoms with E-state index in [0.29, 0.717) is 11.0 Å². The second-order valence-electron chi connectivity index (χ2n) is 12.6. The van der Waals surface area contributed by atoms with Gasteiger partial charge in [0.1, 0.15) is 35.9 Å². The molecule has 2 aromatic carbocycles. The van der Waals surface area contributed by atoms with Crippen LogP contribution in [0.2, 0.25) is 0 Å². The average molecular weight is 528 g/mol. The quantitative estimate of drug-likeness (QED) is 0.208. The van der Waals surface area contributed by atoms with E-state index < -0.39 is 0 Å². The molecule has 0 aromatic heterocycles. The molecule has 2 fully saturated rings. The number of rotatable bonds is 2. The molecule has 1 aliphatic carbocycles. The van der Waals surface area contributed by atoms with Crippen LogP contribution < -0.4 is 14.8 Å². The van der Waals surface area contributed by atoms with Gasteiger partial charge in [0.2, 0.25) is 5.36 Å². The number of phenols is 2. The largest absolute Gasteiger partial charge is 0.507 e. The minimum atomic E-state index is 0.0639. The normalized spacial score (nSPS) is 16.3. The second-order valence-corrected chi connectivity index (χ2v) is 12.6. The first-order valence-electron chi connectivity index (χ1n) is 14.5. The lowest BCUT2D eigenvalue weighted by atomic mass is 9.92. The third-order valence-electron chi connectivity index (χ3n) is 7.40. The molecule has 4 aliphatic rings. The van der Waals surface area contributed by atoms with E-state index in [1.807, 2.05) is 0 Å². The van der Waals surface area contributed by atoms with Gasteiger partial charge < -0.3 is 19.5 Å². The van der Waals surface area contributed by atoms with Gasteiger partial charge in [0.15, 0.2) is 0 Å². The third-order valence-corrected chi connectivity index (χ3v) is 7.40. The van der Waals surface area contributed by atoms with E-state index in [1.54, 1.807) is 18.2 Å². The van der Waals surface area contributed by atoms with E-state index in [0.717, 1.165) is 65.1 Å². The monoisotopic (exact) mass is 527 g/mol. The van der Waals surface area contributed by atoms with Gasteiger partial charge in [-0.25, -0.2) is 4.58 Å². The molecule has 5 nitrogen and oxygen atoms in total. The van der Waals surface area contributed by atoms with Crippen LogP contribution in [-0.2, 0) is 0 Å². The zero-order chi connectivity index (χ0) is 27.6. The third kappa shape index (κ3) is 6.24. The molecule has 6 rings (SSSR count). The van der Waals surface area contributed by atoms with Crippen LogP contribution in [0.3, 0.4) is 0 Å². The number of fused-ring (bicyclic) bond motifs is 2. The Bertz CT molecular complexity index is 1450. The highest BCUT2D eigenvalue weighted by molar-refractivity contribution is 6.05. The first kappa shape index (κ1) is 27.1. The van der Waals surface area contributed by atoms with Crippen molar-refractivity contribution >= 4 is 16.7 Å². The Balaban J connectivity index is 0.000000567. The van der Waals surface area contributed by atoms with Crippen LogP contribution in [0, 0.1) is 5.41 Å². The fourth-order valence-electron chi connectivity index (χ4n) is 5.62. The molecule has 5 heteroatoms. The summed E-state index contributed by atoms with van der Waals surface area (Å²) in [6.07, 6.45) is 7.42. The summed E-state index contributed by atoms with van der Waals surface area (Å²) in [5, 5.41) is 23.6. The van der Waals surface area contributed by atoms with E-state index >= 15 is 0 Å². The minimum absolute atomic E-state index is 0.0639. The van der Waals surface area contributed by atoms with Gasteiger partial charge in [-0.3, -0.25) is 0 Å². The molecule has 3 aliphatic heterocycles. The van der Waals surface area contributed by atoms with Crippen molar-refractivity contribution in [2.45, 2.75) is 66.2 Å². The maximum absolute atomic E-state index is 10.8. The van der Waals surface area contributed by atoms with Crippen molar-refractivity contribution in [3.8, 4) is 33.9 Å². The molecule has 3 heterocycles. The Morgan fingerprint density at radius 1 is 0.744 bits per heavy atom. The fraction of sp³-hybridized carbons (Fsp3) is 0.441. The van der Waals surface area contributed by atoms with Gasteiger partial charge in [-0.2, -0.15) is 0 Å². The predicted molar refractivity (Wildman–Crippen MR) is 162 cm³/mol. The standard InChI is InChI=1S/C29H30N2O3.C5H12/c32-24-8-7-9-25(33)29(24)28-22-12-10-20(30-14-3-1-4-15-30)18-26(22)34-27-19-21(11-13-23(27)28)31-16-5-2-6-17-31;1-5(2,3)4/h7-13,18-19H,1-6,14-17H2,(H,32,33);1-4H3/p+1. The highest BCUT2D eigenvalue weighted by atomic mass is 16.3. The van der Waals surface area contributed by atoms with E-state index in [2.05, 4.69) is 73.6 Å². The molecule has 0 amide bonds. The molecular weight excluding hydrogens is 484 g/mol. The van der Waals surface area contributed by atoms with E-state index in [4.69, 9.17) is 4.42 Å². The molecule has 0 unspecified atom stereocenters. The lowest BCUT2D eigenvalue weighted by molar-refractivity contribution is 0.451. The SMILES string of the molecule is CC(C)(C)C.Oc1cccc(O)c1-c1c2ccc(=[N+]3CCCCC3)cc-2oc2cc(N3CCCCC3)ccc12. The van der Waals surface area contributed by atoms with Gasteiger partial charge in [0, 0.05) is 60.3 Å². The topological polar surface area (TPSA) is 59.9 Å². The van der Waals surface area contributed by atoms with Crippen LogP contribution >= 0.6 is 0 Å². The number of nitrogens with zero attached hydrogens (tertiary/aromatic N) is 2. The molecule has 206 valence electrons. The highest BCUT2D eigenvalue weighted by Crippen LogP contribution is 2.47. The number of phenolic OH excluding ortho intramolecular Hbond substituents is 2. The number of benzene rings is 3. The molecule has 0 spiro atoms. The fourth-order valence-corrected chi connectivity index (χ4v) is 5.62. The Morgan fingerprint density at radius 3 is 2.05 bits per heavy atom. The van der Waals surface area contributed by atoms with Crippen molar-refractivity contribution in [3.63, 3.8) is 0 Å². The van der Waals surface area contributed by atoms with Crippen LogP contribution in [0.4, 0.5) is 5.69 Å². The zero-order valence-corrected chi connectivity index (χ0v) is 24.0. The second kappa shape index (κ2) is 11.3. The number of anilines is 1. The Hall–Kier alpha value is -3.47. The summed E-state index contributed by atoms with van der Waals surface area (Å²) in [6, 6.07) is 17.6. The molecule has 0 radical (unpaired) electrons. The number of hydrogen-bond donors (Lipinski definition) is 2. The van der Waals surface area contributed by atoms with E-state index in [9.17, 15) is 10.2 Å². The van der Waals surface area contributed by atoms with Gasteiger partial charge in [0.05, 0.1) is 11.6 Å². The van der Waals surface area contributed by atoms with Crippen molar-refractivity contribution in [2.24, 2.45) is 5.41 Å². The minimum Gasteiger partial charge on any atom is -0.507 e. The van der Waals surface area contributed by atoms with Crippen molar-refractivity contribution in [2.75, 3.05) is 31.1 Å². The molecule has 0 bridgehead atoms. The summed E-state index contributed by atoms with van der Waals surface area (Å²) in [4.78, 5) is 2.42. The zero-order valence-electron chi connectivity index (χ0n) is 24.0. The number of aromatic hydroxyl groups is 2. The van der Waals surface area contributed by atoms with Gasteiger partial charge in [-0.15, -0.1) is 0 Å². The van der Waals surface area contributed by atoms with Crippen molar-refractivity contribution in [3.05, 3.63) is 60.0 Å². The van der Waals surface area contributed by atoms with Gasteiger partial charge >= 0.3 is 0 Å². The summed E-state index contributed by atoms with van der Waals surface area (Å²) in [7, 11) is 0. The smallest absolute Gasteiger partial charge is 0.203 e. The summed E-state index contributed by atoms with van der Waals surface area (Å²) >= 11 is 0. The molecule has 2 saturated heterocycles. The molecule has 0 atom stereocenters. The first-order chi connectivity index (χ1) is 18.7. The maximum Gasteiger partial charge on any atom is 0.203 e. The molecular formula is C34H43N2O3+. The number of hydrogen-bond acceptors (Lipinski definition) is 4. The van der Waals surface area contributed by atoms with E-state index in [1.165, 1.54) is 38.5 Å². The summed E-state index contributed by atoms with van der Waals surface area (Å²) in [5.74, 6) is 0.895. The average Bonchev–Trinajstić information content (AvgIpc) is 2.92. The highest BCUT2D eigenvalue weighted by Gasteiger charge is 2.24. The first-order valence-corrected chi connectivity index (χ1v) is 14.5. The Kier molecular flexibility index (Phi) is 7.88. The van der Waals surface area contributed by atoms with Crippen LogP contribution in [0.1, 0.15) is 66.2 Å². The Labute approximate surface area is 232 Å². The predicted octanol–water partition coefficient (Wildman–Crippen LogP) is 7.61. The summed E-state index contributed by atoms with van der Waals surface area (Å²) in [5.41, 5.74) is 4.57. The van der Waals surface area contributed by atoms with Crippen LogP contribution in [0.15, 0.2) is 59.0 Å². The molecule has 2 N–H and O–H groups in total. The summed E-state index contributed by atoms with van der Waals surface area (Å²) in [6.45, 7) is 13.0. The lowest BCUT2D eigenvalue weighted by Gasteiger charge is -2.29. The Morgan fingerprint density at radius 2 is 1.38 bits per heavy atom. The lowest BCUT2D eigenvalue weighted by Crippen LogP contribution is -2.34. The van der Waals surface area contributed by atoms with Crippen LogP contribution in [-0.4, -0.2) is 36.4 Å². The molecule has 2 aromatic rings. The van der Waals surface area contributed by atoms with E-state index in [-0.39, 0.29) is 11.5 Å². The van der Waals surface area contributed by atoms with Gasteiger partial charge in [0.25, 0.3) is 0 Å². The number of piperidine rings is 2. The molecule has 39 heavy (non-hydrogen) atoms.